The number of ether oxygens (including phenoxy) is 1. The first-order valence-corrected chi connectivity index (χ1v) is 5.34. The number of carbonyl (C=O) groups excluding carboxylic acids is 1. The molecule has 0 saturated heterocycles. The van der Waals surface area contributed by atoms with E-state index < -0.39 is 0 Å². The molecule has 6 nitrogen and oxygen atoms in total. The quantitative estimate of drug-likeness (QED) is 0.340. The van der Waals surface area contributed by atoms with Gasteiger partial charge in [-0.1, -0.05) is 0 Å². The summed E-state index contributed by atoms with van der Waals surface area (Å²) < 4.78 is 5.14. The summed E-state index contributed by atoms with van der Waals surface area (Å²) in [5, 5.41) is 17.1. The van der Waals surface area contributed by atoms with E-state index in [-0.39, 0.29) is 25.2 Å². The van der Waals surface area contributed by atoms with Crippen LogP contribution in [-0.2, 0) is 4.74 Å². The minimum atomic E-state index is -0.253. The van der Waals surface area contributed by atoms with Gasteiger partial charge in [0, 0.05) is 12.2 Å². The first kappa shape index (κ1) is 13.1. The molecule has 1 aromatic rings. The molecule has 0 saturated carbocycles. The Morgan fingerprint density at radius 3 is 2.59 bits per heavy atom. The number of carbonyl (C=O) groups is 1. The van der Waals surface area contributed by atoms with Crippen molar-refractivity contribution in [3.8, 4) is 5.75 Å². The number of aromatic hydroxyl groups is 1. The lowest BCUT2D eigenvalue weighted by Gasteiger charge is -2.09. The molecule has 1 rings (SSSR count). The SMILES string of the molecule is CCNC(=O)NCOCNc1ccc(O)cc1. The fraction of sp³-hybridized carbons (Fsp3) is 0.364. The Kier molecular flexibility index (Phi) is 5.67. The van der Waals surface area contributed by atoms with Crippen LogP contribution in [0.2, 0.25) is 0 Å². The highest BCUT2D eigenvalue weighted by Gasteiger charge is 1.96. The molecule has 0 spiro atoms. The van der Waals surface area contributed by atoms with Gasteiger partial charge in [-0.05, 0) is 31.2 Å². The van der Waals surface area contributed by atoms with Crippen LogP contribution in [0.5, 0.6) is 5.75 Å². The molecular weight excluding hydrogens is 222 g/mol. The lowest BCUT2D eigenvalue weighted by molar-refractivity contribution is 0.136. The number of amides is 2. The smallest absolute Gasteiger partial charge is 0.316 e. The van der Waals surface area contributed by atoms with E-state index >= 15 is 0 Å². The standard InChI is InChI=1S/C11H17N3O3/c1-2-12-11(16)14-8-17-7-13-9-3-5-10(15)6-4-9/h3-6,13,15H,2,7-8H2,1H3,(H2,12,14,16). The number of urea groups is 1. The third-order valence-electron chi connectivity index (χ3n) is 1.92. The van der Waals surface area contributed by atoms with E-state index in [0.717, 1.165) is 5.69 Å². The minimum absolute atomic E-state index is 0.136. The van der Waals surface area contributed by atoms with Crippen LogP contribution in [0.1, 0.15) is 6.92 Å². The highest BCUT2D eigenvalue weighted by atomic mass is 16.5. The van der Waals surface area contributed by atoms with Crippen LogP contribution in [0, 0.1) is 0 Å². The fourth-order valence-corrected chi connectivity index (χ4v) is 1.10. The predicted octanol–water partition coefficient (Wildman–Crippen LogP) is 1.05. The van der Waals surface area contributed by atoms with Crippen molar-refractivity contribution in [2.45, 2.75) is 6.92 Å². The molecule has 2 amide bonds. The van der Waals surface area contributed by atoms with Crippen molar-refractivity contribution in [1.82, 2.24) is 10.6 Å². The van der Waals surface area contributed by atoms with Crippen molar-refractivity contribution in [2.75, 3.05) is 25.3 Å². The molecule has 0 fully saturated rings. The summed E-state index contributed by atoms with van der Waals surface area (Å²) >= 11 is 0. The molecule has 4 N–H and O–H groups in total. The van der Waals surface area contributed by atoms with Crippen LogP contribution in [0.15, 0.2) is 24.3 Å². The molecule has 94 valence electrons. The second-order valence-electron chi connectivity index (χ2n) is 3.25. The number of hydrogen-bond acceptors (Lipinski definition) is 4. The zero-order chi connectivity index (χ0) is 12.5. The normalized spacial score (nSPS) is 9.71. The van der Waals surface area contributed by atoms with Crippen molar-refractivity contribution in [1.29, 1.82) is 0 Å². The highest BCUT2D eigenvalue weighted by Crippen LogP contribution is 2.12. The van der Waals surface area contributed by atoms with E-state index in [4.69, 9.17) is 9.84 Å². The van der Waals surface area contributed by atoms with Crippen LogP contribution in [0.3, 0.4) is 0 Å². The number of rotatable bonds is 6. The molecule has 1 aromatic carbocycles. The maximum Gasteiger partial charge on any atom is 0.316 e. The van der Waals surface area contributed by atoms with Gasteiger partial charge in [0.15, 0.2) is 0 Å². The minimum Gasteiger partial charge on any atom is -0.508 e. The lowest BCUT2D eigenvalue weighted by Crippen LogP contribution is -2.36. The Hall–Kier alpha value is -1.95. The predicted molar refractivity (Wildman–Crippen MR) is 64.8 cm³/mol. The van der Waals surface area contributed by atoms with Gasteiger partial charge in [0.2, 0.25) is 0 Å². The van der Waals surface area contributed by atoms with Crippen molar-refractivity contribution in [3.63, 3.8) is 0 Å². The van der Waals surface area contributed by atoms with Gasteiger partial charge in [0.1, 0.15) is 19.2 Å². The van der Waals surface area contributed by atoms with Gasteiger partial charge in [0.05, 0.1) is 0 Å². The Morgan fingerprint density at radius 2 is 1.94 bits per heavy atom. The second-order valence-corrected chi connectivity index (χ2v) is 3.25. The maximum atomic E-state index is 11.0. The maximum absolute atomic E-state index is 11.0. The number of anilines is 1. The van der Waals surface area contributed by atoms with Gasteiger partial charge in [0.25, 0.3) is 0 Å². The molecule has 0 heterocycles. The van der Waals surface area contributed by atoms with Crippen LogP contribution >= 0.6 is 0 Å². The first-order chi connectivity index (χ1) is 8.22. The summed E-state index contributed by atoms with van der Waals surface area (Å²) in [6.45, 7) is 2.83. The van der Waals surface area contributed by atoms with E-state index in [2.05, 4.69) is 16.0 Å². The zero-order valence-corrected chi connectivity index (χ0v) is 9.69. The van der Waals surface area contributed by atoms with Crippen LogP contribution in [-0.4, -0.2) is 31.1 Å². The molecule has 0 aliphatic heterocycles. The van der Waals surface area contributed by atoms with Gasteiger partial charge in [-0.15, -0.1) is 0 Å². The molecule has 0 unspecified atom stereocenters. The summed E-state index contributed by atoms with van der Waals surface area (Å²) in [4.78, 5) is 11.0. The largest absolute Gasteiger partial charge is 0.508 e. The third-order valence-corrected chi connectivity index (χ3v) is 1.92. The summed E-state index contributed by atoms with van der Waals surface area (Å²) in [7, 11) is 0. The average Bonchev–Trinajstić information content (AvgIpc) is 2.31. The monoisotopic (exact) mass is 239 g/mol. The summed E-state index contributed by atoms with van der Waals surface area (Å²) in [6, 6.07) is 6.37. The molecule has 17 heavy (non-hydrogen) atoms. The number of hydrogen-bond donors (Lipinski definition) is 4. The topological polar surface area (TPSA) is 82.6 Å². The Bertz CT molecular complexity index is 340. The van der Waals surface area contributed by atoms with Gasteiger partial charge in [-0.3, -0.25) is 0 Å². The highest BCUT2D eigenvalue weighted by molar-refractivity contribution is 5.73. The van der Waals surface area contributed by atoms with Crippen LogP contribution in [0.4, 0.5) is 10.5 Å². The summed E-state index contributed by atoms with van der Waals surface area (Å²) in [5.41, 5.74) is 0.834. The molecule has 0 bridgehead atoms. The van der Waals surface area contributed by atoms with Gasteiger partial charge in [-0.25, -0.2) is 4.79 Å². The number of benzene rings is 1. The second kappa shape index (κ2) is 7.34. The molecule has 0 aliphatic rings. The average molecular weight is 239 g/mol. The number of phenols is 1. The lowest BCUT2D eigenvalue weighted by atomic mass is 10.3. The zero-order valence-electron chi connectivity index (χ0n) is 9.69. The van der Waals surface area contributed by atoms with E-state index in [1.807, 2.05) is 6.92 Å². The van der Waals surface area contributed by atoms with E-state index in [9.17, 15) is 4.79 Å². The molecule has 0 aliphatic carbocycles. The Labute approximate surface area is 100.0 Å². The van der Waals surface area contributed by atoms with Gasteiger partial charge < -0.3 is 25.8 Å². The number of phenolic OH excluding ortho intramolecular Hbond substituents is 1. The van der Waals surface area contributed by atoms with E-state index in [1.165, 1.54) is 0 Å². The summed E-state index contributed by atoms with van der Waals surface area (Å²) in [6.07, 6.45) is 0. The van der Waals surface area contributed by atoms with E-state index in [0.29, 0.717) is 6.54 Å². The Balaban J connectivity index is 2.08. The van der Waals surface area contributed by atoms with Crippen molar-refractivity contribution < 1.29 is 14.6 Å². The van der Waals surface area contributed by atoms with E-state index in [1.54, 1.807) is 24.3 Å². The molecular formula is C11H17N3O3. The third kappa shape index (κ3) is 5.62. The van der Waals surface area contributed by atoms with Crippen molar-refractivity contribution >= 4 is 11.7 Å². The van der Waals surface area contributed by atoms with Crippen molar-refractivity contribution in [2.24, 2.45) is 0 Å². The first-order valence-electron chi connectivity index (χ1n) is 5.34. The van der Waals surface area contributed by atoms with Gasteiger partial charge >= 0.3 is 6.03 Å². The molecule has 0 aromatic heterocycles. The fourth-order valence-electron chi connectivity index (χ4n) is 1.10. The molecule has 0 radical (unpaired) electrons. The summed E-state index contributed by atoms with van der Waals surface area (Å²) in [5.74, 6) is 0.217. The van der Waals surface area contributed by atoms with Crippen LogP contribution in [0.25, 0.3) is 0 Å². The van der Waals surface area contributed by atoms with Crippen molar-refractivity contribution in [3.05, 3.63) is 24.3 Å². The number of nitrogens with one attached hydrogen (secondary N) is 3. The molecule has 0 atom stereocenters. The molecule has 6 heteroatoms. The Morgan fingerprint density at radius 1 is 1.24 bits per heavy atom. The van der Waals surface area contributed by atoms with Gasteiger partial charge in [-0.2, -0.15) is 0 Å². The van der Waals surface area contributed by atoms with Crippen LogP contribution < -0.4 is 16.0 Å².